The Morgan fingerprint density at radius 1 is 0.929 bits per heavy atom. The number of pyridine rings is 1. The van der Waals surface area contributed by atoms with Gasteiger partial charge in [-0.05, 0) is 12.1 Å². The van der Waals surface area contributed by atoms with E-state index in [-0.39, 0.29) is 0 Å². The Balaban J connectivity index is 2.52. The van der Waals surface area contributed by atoms with Crippen LogP contribution in [0.3, 0.4) is 0 Å². The third-order valence-electron chi connectivity index (χ3n) is 2.19. The highest BCUT2D eigenvalue weighted by atomic mass is 14.9. The molecule has 14 heavy (non-hydrogen) atoms. The lowest BCUT2D eigenvalue weighted by molar-refractivity contribution is 1.21. The normalized spacial score (nSPS) is 10.9. The molecule has 3 aromatic rings. The van der Waals surface area contributed by atoms with Crippen LogP contribution in [0.5, 0.6) is 0 Å². The summed E-state index contributed by atoms with van der Waals surface area (Å²) in [5, 5.41) is 1.11. The molecular formula is C11H7N3. The van der Waals surface area contributed by atoms with E-state index in [1.54, 1.807) is 12.5 Å². The van der Waals surface area contributed by atoms with E-state index in [1.807, 2.05) is 30.3 Å². The van der Waals surface area contributed by atoms with Crippen LogP contribution in [0.1, 0.15) is 0 Å². The minimum atomic E-state index is 0.839. The maximum Gasteiger partial charge on any atom is 0.116 e. The van der Waals surface area contributed by atoms with Crippen molar-refractivity contribution in [3.05, 3.63) is 42.9 Å². The molecule has 0 amide bonds. The van der Waals surface area contributed by atoms with Crippen molar-refractivity contribution in [1.29, 1.82) is 0 Å². The molecule has 1 aromatic carbocycles. The highest BCUT2D eigenvalue weighted by molar-refractivity contribution is 5.89. The third kappa shape index (κ3) is 1.03. The summed E-state index contributed by atoms with van der Waals surface area (Å²) < 4.78 is 0. The first-order valence-electron chi connectivity index (χ1n) is 4.39. The highest BCUT2D eigenvalue weighted by Crippen LogP contribution is 2.16. The van der Waals surface area contributed by atoms with Gasteiger partial charge in [-0.3, -0.25) is 0 Å². The van der Waals surface area contributed by atoms with Crippen LogP contribution in [0.25, 0.3) is 21.9 Å². The second-order valence-corrected chi connectivity index (χ2v) is 3.11. The Labute approximate surface area is 80.5 Å². The quantitative estimate of drug-likeness (QED) is 0.499. The third-order valence-corrected chi connectivity index (χ3v) is 2.19. The summed E-state index contributed by atoms with van der Waals surface area (Å²) in [6, 6.07) is 10.0. The van der Waals surface area contributed by atoms with Gasteiger partial charge in [-0.25, -0.2) is 15.0 Å². The minimum Gasteiger partial charge on any atom is -0.245 e. The Morgan fingerprint density at radius 3 is 2.86 bits per heavy atom. The number of rotatable bonds is 0. The van der Waals surface area contributed by atoms with Crippen molar-refractivity contribution >= 4 is 21.9 Å². The average molecular weight is 181 g/mol. The van der Waals surface area contributed by atoms with Gasteiger partial charge < -0.3 is 0 Å². The molecule has 2 heterocycles. The summed E-state index contributed by atoms with van der Waals surface area (Å²) in [4.78, 5) is 12.6. The van der Waals surface area contributed by atoms with Crippen molar-refractivity contribution in [3.63, 3.8) is 0 Å². The predicted octanol–water partition coefficient (Wildman–Crippen LogP) is 2.18. The molecular weight excluding hydrogens is 174 g/mol. The lowest BCUT2D eigenvalue weighted by atomic mass is 10.2. The standard InChI is InChI=1S/C11H7N3/c1-2-4-9-8(3-1)5-10-11(14-9)6-12-7-13-10/h1-7H. The first kappa shape index (κ1) is 7.38. The number of hydrogen-bond donors (Lipinski definition) is 0. The first-order valence-corrected chi connectivity index (χ1v) is 4.39. The molecule has 0 spiro atoms. The Kier molecular flexibility index (Phi) is 1.44. The van der Waals surface area contributed by atoms with Gasteiger partial charge >= 0.3 is 0 Å². The number of fused-ring (bicyclic) bond motifs is 2. The molecule has 3 nitrogen and oxygen atoms in total. The van der Waals surface area contributed by atoms with E-state index < -0.39 is 0 Å². The largest absolute Gasteiger partial charge is 0.245 e. The molecule has 0 radical (unpaired) electrons. The molecule has 2 aromatic heterocycles. The van der Waals surface area contributed by atoms with Crippen molar-refractivity contribution in [3.8, 4) is 0 Å². The zero-order chi connectivity index (χ0) is 9.38. The van der Waals surface area contributed by atoms with Gasteiger partial charge in [0.15, 0.2) is 0 Å². The highest BCUT2D eigenvalue weighted by Gasteiger charge is 1.98. The van der Waals surface area contributed by atoms with Gasteiger partial charge in [-0.15, -0.1) is 0 Å². The SMILES string of the molecule is c1ccc2nc3cncnc3cc2c1. The number of aromatic nitrogens is 3. The fourth-order valence-electron chi connectivity index (χ4n) is 1.52. The molecule has 0 saturated heterocycles. The van der Waals surface area contributed by atoms with E-state index >= 15 is 0 Å². The molecule has 3 heteroatoms. The molecule has 0 unspecified atom stereocenters. The number of para-hydroxylation sites is 1. The maximum atomic E-state index is 4.45. The second-order valence-electron chi connectivity index (χ2n) is 3.11. The monoisotopic (exact) mass is 181 g/mol. The van der Waals surface area contributed by atoms with Crippen LogP contribution in [-0.2, 0) is 0 Å². The van der Waals surface area contributed by atoms with Crippen LogP contribution in [-0.4, -0.2) is 15.0 Å². The van der Waals surface area contributed by atoms with Gasteiger partial charge in [-0.2, -0.15) is 0 Å². The van der Waals surface area contributed by atoms with E-state index in [9.17, 15) is 0 Å². The van der Waals surface area contributed by atoms with Gasteiger partial charge in [0.25, 0.3) is 0 Å². The van der Waals surface area contributed by atoms with Gasteiger partial charge in [0, 0.05) is 5.39 Å². The van der Waals surface area contributed by atoms with Crippen molar-refractivity contribution in [2.45, 2.75) is 0 Å². The Hall–Kier alpha value is -2.03. The number of benzene rings is 1. The predicted molar refractivity (Wildman–Crippen MR) is 54.8 cm³/mol. The summed E-state index contributed by atoms with van der Waals surface area (Å²) >= 11 is 0. The van der Waals surface area contributed by atoms with Crippen molar-refractivity contribution in [1.82, 2.24) is 15.0 Å². The number of nitrogens with zero attached hydrogens (tertiary/aromatic N) is 3. The fraction of sp³-hybridized carbons (Fsp3) is 0. The van der Waals surface area contributed by atoms with Gasteiger partial charge in [0.1, 0.15) is 11.8 Å². The molecule has 0 aliphatic rings. The summed E-state index contributed by atoms with van der Waals surface area (Å²) in [6.07, 6.45) is 3.27. The van der Waals surface area contributed by atoms with Crippen molar-refractivity contribution in [2.75, 3.05) is 0 Å². The molecule has 0 N–H and O–H groups in total. The molecule has 3 rings (SSSR count). The van der Waals surface area contributed by atoms with Crippen LogP contribution in [0.15, 0.2) is 42.9 Å². The summed E-state index contributed by atoms with van der Waals surface area (Å²) in [7, 11) is 0. The molecule has 0 aliphatic heterocycles. The fourth-order valence-corrected chi connectivity index (χ4v) is 1.52. The van der Waals surface area contributed by atoms with Crippen LogP contribution in [0.2, 0.25) is 0 Å². The lowest BCUT2D eigenvalue weighted by Crippen LogP contribution is -1.85. The average Bonchev–Trinajstić information content (AvgIpc) is 2.26. The van der Waals surface area contributed by atoms with E-state index in [0.29, 0.717) is 0 Å². The Morgan fingerprint density at radius 2 is 1.86 bits per heavy atom. The maximum absolute atomic E-state index is 4.45. The van der Waals surface area contributed by atoms with Crippen LogP contribution in [0, 0.1) is 0 Å². The van der Waals surface area contributed by atoms with E-state index in [4.69, 9.17) is 0 Å². The second kappa shape index (κ2) is 2.73. The van der Waals surface area contributed by atoms with Crippen molar-refractivity contribution in [2.24, 2.45) is 0 Å². The van der Waals surface area contributed by atoms with E-state index in [0.717, 1.165) is 21.9 Å². The van der Waals surface area contributed by atoms with Crippen molar-refractivity contribution < 1.29 is 0 Å². The minimum absolute atomic E-state index is 0.839. The van der Waals surface area contributed by atoms with E-state index in [2.05, 4.69) is 15.0 Å². The summed E-state index contributed by atoms with van der Waals surface area (Å²) in [5.41, 5.74) is 2.71. The molecule has 0 fully saturated rings. The summed E-state index contributed by atoms with van der Waals surface area (Å²) in [6.45, 7) is 0. The van der Waals surface area contributed by atoms with Gasteiger partial charge in [0.2, 0.25) is 0 Å². The molecule has 0 atom stereocenters. The van der Waals surface area contributed by atoms with E-state index in [1.165, 1.54) is 0 Å². The molecule has 0 saturated carbocycles. The van der Waals surface area contributed by atoms with Crippen LogP contribution >= 0.6 is 0 Å². The summed E-state index contributed by atoms with van der Waals surface area (Å²) in [5.74, 6) is 0. The smallest absolute Gasteiger partial charge is 0.116 e. The zero-order valence-corrected chi connectivity index (χ0v) is 7.38. The zero-order valence-electron chi connectivity index (χ0n) is 7.38. The van der Waals surface area contributed by atoms with Gasteiger partial charge in [0.05, 0.1) is 17.2 Å². The topological polar surface area (TPSA) is 38.7 Å². The molecule has 66 valence electrons. The van der Waals surface area contributed by atoms with Crippen LogP contribution in [0.4, 0.5) is 0 Å². The number of hydrogen-bond acceptors (Lipinski definition) is 3. The van der Waals surface area contributed by atoms with Crippen LogP contribution < -0.4 is 0 Å². The van der Waals surface area contributed by atoms with Gasteiger partial charge in [-0.1, -0.05) is 18.2 Å². The lowest BCUT2D eigenvalue weighted by Gasteiger charge is -1.98. The first-order chi connectivity index (χ1) is 6.93. The Bertz CT molecular complexity index is 499. The molecule has 0 bridgehead atoms. The molecule has 0 aliphatic carbocycles.